The Morgan fingerprint density at radius 3 is 2.62 bits per heavy atom. The van der Waals surface area contributed by atoms with Crippen LogP contribution < -0.4 is 0 Å². The van der Waals surface area contributed by atoms with Crippen molar-refractivity contribution in [3.63, 3.8) is 0 Å². The summed E-state index contributed by atoms with van der Waals surface area (Å²) in [4.78, 5) is 20.3. The standard InChI is InChI=1S/C9H7NO3/c1-2-7-3-4-9(10(12)13)8(5-7)6-11/h2-6H,1H2. The molecular weight excluding hydrogens is 170 g/mol. The predicted molar refractivity (Wildman–Crippen MR) is 48.6 cm³/mol. The SMILES string of the molecule is C=Cc1ccc([N+](=O)[O-])c(C=O)c1. The predicted octanol–water partition coefficient (Wildman–Crippen LogP) is 2.05. The molecule has 0 spiro atoms. The highest BCUT2D eigenvalue weighted by Crippen LogP contribution is 2.18. The van der Waals surface area contributed by atoms with Crippen LogP contribution in [0.5, 0.6) is 0 Å². The lowest BCUT2D eigenvalue weighted by atomic mass is 10.1. The fourth-order valence-electron chi connectivity index (χ4n) is 0.961. The molecule has 1 aromatic rings. The van der Waals surface area contributed by atoms with Crippen molar-refractivity contribution in [1.82, 2.24) is 0 Å². The number of nitrogens with zero attached hydrogens (tertiary/aromatic N) is 1. The van der Waals surface area contributed by atoms with Gasteiger partial charge in [0.1, 0.15) is 0 Å². The molecule has 1 rings (SSSR count). The molecule has 0 aliphatic heterocycles. The van der Waals surface area contributed by atoms with E-state index in [1.54, 1.807) is 0 Å². The molecule has 0 unspecified atom stereocenters. The fourth-order valence-corrected chi connectivity index (χ4v) is 0.961. The second kappa shape index (κ2) is 3.62. The first-order chi connectivity index (χ1) is 6.19. The van der Waals surface area contributed by atoms with E-state index in [1.165, 1.54) is 24.3 Å². The molecule has 0 atom stereocenters. The van der Waals surface area contributed by atoms with Crippen molar-refractivity contribution in [2.45, 2.75) is 0 Å². The number of carbonyl (C=O) groups is 1. The van der Waals surface area contributed by atoms with Gasteiger partial charge in [-0.1, -0.05) is 12.7 Å². The van der Waals surface area contributed by atoms with E-state index in [4.69, 9.17) is 0 Å². The lowest BCUT2D eigenvalue weighted by Gasteiger charge is -1.96. The van der Waals surface area contributed by atoms with Crippen molar-refractivity contribution in [3.05, 3.63) is 46.0 Å². The Morgan fingerprint density at radius 2 is 2.15 bits per heavy atom. The molecule has 0 aliphatic carbocycles. The van der Waals surface area contributed by atoms with Crippen molar-refractivity contribution in [1.29, 1.82) is 0 Å². The minimum absolute atomic E-state index is 0.0717. The molecule has 0 amide bonds. The molecule has 0 saturated carbocycles. The van der Waals surface area contributed by atoms with Crippen molar-refractivity contribution in [2.75, 3.05) is 0 Å². The normalized spacial score (nSPS) is 9.23. The van der Waals surface area contributed by atoms with Crippen LogP contribution >= 0.6 is 0 Å². The van der Waals surface area contributed by atoms with Crippen LogP contribution in [0.3, 0.4) is 0 Å². The highest BCUT2D eigenvalue weighted by Gasteiger charge is 2.11. The third-order valence-electron chi connectivity index (χ3n) is 1.61. The average molecular weight is 177 g/mol. The van der Waals surface area contributed by atoms with Gasteiger partial charge in [-0.3, -0.25) is 14.9 Å². The van der Waals surface area contributed by atoms with Crippen LogP contribution in [-0.4, -0.2) is 11.2 Å². The van der Waals surface area contributed by atoms with Gasteiger partial charge in [0, 0.05) is 6.07 Å². The topological polar surface area (TPSA) is 60.2 Å². The first kappa shape index (κ1) is 9.12. The summed E-state index contributed by atoms with van der Waals surface area (Å²) >= 11 is 0. The van der Waals surface area contributed by atoms with E-state index in [1.807, 2.05) is 0 Å². The van der Waals surface area contributed by atoms with Crippen LogP contribution in [0.25, 0.3) is 6.08 Å². The molecule has 0 aliphatic rings. The molecular formula is C9H7NO3. The lowest BCUT2D eigenvalue weighted by molar-refractivity contribution is -0.385. The first-order valence-electron chi connectivity index (χ1n) is 3.55. The van der Waals surface area contributed by atoms with Gasteiger partial charge in [-0.15, -0.1) is 0 Å². The molecule has 1 aromatic carbocycles. The van der Waals surface area contributed by atoms with E-state index in [0.29, 0.717) is 11.8 Å². The van der Waals surface area contributed by atoms with Crippen molar-refractivity contribution in [3.8, 4) is 0 Å². The van der Waals surface area contributed by atoms with Crippen molar-refractivity contribution < 1.29 is 9.72 Å². The molecule has 13 heavy (non-hydrogen) atoms. The molecule has 0 fully saturated rings. The number of hydrogen-bond acceptors (Lipinski definition) is 3. The van der Waals surface area contributed by atoms with Crippen molar-refractivity contribution >= 4 is 18.0 Å². The highest BCUT2D eigenvalue weighted by molar-refractivity contribution is 5.82. The quantitative estimate of drug-likeness (QED) is 0.403. The molecule has 0 radical (unpaired) electrons. The Labute approximate surface area is 74.7 Å². The van der Waals surface area contributed by atoms with E-state index >= 15 is 0 Å². The Balaban J connectivity index is 3.31. The van der Waals surface area contributed by atoms with Crippen LogP contribution in [0.15, 0.2) is 24.8 Å². The zero-order chi connectivity index (χ0) is 9.84. The Bertz CT molecular complexity index is 371. The smallest absolute Gasteiger partial charge is 0.279 e. The molecule has 0 heterocycles. The largest absolute Gasteiger partial charge is 0.298 e. The number of nitro benzene ring substituents is 1. The number of aldehydes is 1. The van der Waals surface area contributed by atoms with Gasteiger partial charge < -0.3 is 0 Å². The van der Waals surface area contributed by atoms with Gasteiger partial charge in [0.05, 0.1) is 10.5 Å². The second-order valence-electron chi connectivity index (χ2n) is 2.40. The number of hydrogen-bond donors (Lipinski definition) is 0. The van der Waals surface area contributed by atoms with Crippen molar-refractivity contribution in [2.24, 2.45) is 0 Å². The van der Waals surface area contributed by atoms with Gasteiger partial charge in [-0.05, 0) is 17.7 Å². The molecule has 0 aromatic heterocycles. The van der Waals surface area contributed by atoms with Crippen LogP contribution in [0, 0.1) is 10.1 Å². The van der Waals surface area contributed by atoms with Crippen LogP contribution in [0.1, 0.15) is 15.9 Å². The number of benzene rings is 1. The summed E-state index contributed by atoms with van der Waals surface area (Å²) in [6, 6.07) is 4.26. The molecule has 0 bridgehead atoms. The first-order valence-corrected chi connectivity index (χ1v) is 3.55. The summed E-state index contributed by atoms with van der Waals surface area (Å²) in [5.41, 5.74) is 0.579. The van der Waals surface area contributed by atoms with E-state index in [0.717, 1.165) is 0 Å². The van der Waals surface area contributed by atoms with Gasteiger partial charge >= 0.3 is 0 Å². The summed E-state index contributed by atoms with van der Waals surface area (Å²) in [5.74, 6) is 0. The van der Waals surface area contributed by atoms with E-state index < -0.39 is 4.92 Å². The van der Waals surface area contributed by atoms with Gasteiger partial charge in [-0.2, -0.15) is 0 Å². The maximum absolute atomic E-state index is 10.5. The van der Waals surface area contributed by atoms with Gasteiger partial charge in [0.2, 0.25) is 0 Å². The Hall–Kier alpha value is -1.97. The third-order valence-corrected chi connectivity index (χ3v) is 1.61. The maximum Gasteiger partial charge on any atom is 0.279 e. The zero-order valence-electron chi connectivity index (χ0n) is 6.77. The second-order valence-corrected chi connectivity index (χ2v) is 2.40. The van der Waals surface area contributed by atoms with Gasteiger partial charge in [0.25, 0.3) is 5.69 Å². The van der Waals surface area contributed by atoms with Crippen LogP contribution in [0.4, 0.5) is 5.69 Å². The van der Waals surface area contributed by atoms with E-state index in [9.17, 15) is 14.9 Å². The zero-order valence-corrected chi connectivity index (χ0v) is 6.77. The maximum atomic E-state index is 10.5. The highest BCUT2D eigenvalue weighted by atomic mass is 16.6. The van der Waals surface area contributed by atoms with Crippen LogP contribution in [-0.2, 0) is 0 Å². The van der Waals surface area contributed by atoms with Gasteiger partial charge in [-0.25, -0.2) is 0 Å². The summed E-state index contributed by atoms with van der Waals surface area (Å²) in [5, 5.41) is 10.4. The Morgan fingerprint density at radius 1 is 1.46 bits per heavy atom. The Kier molecular flexibility index (Phi) is 2.54. The fraction of sp³-hybridized carbons (Fsp3) is 0. The summed E-state index contributed by atoms with van der Waals surface area (Å²) < 4.78 is 0. The minimum atomic E-state index is -0.587. The molecule has 4 nitrogen and oxygen atoms in total. The average Bonchev–Trinajstić information content (AvgIpc) is 2.16. The molecule has 0 N–H and O–H groups in total. The number of carbonyl (C=O) groups excluding carboxylic acids is 1. The molecule has 66 valence electrons. The lowest BCUT2D eigenvalue weighted by Crippen LogP contribution is -1.94. The summed E-state index contributed by atoms with van der Waals surface area (Å²) in [7, 11) is 0. The summed E-state index contributed by atoms with van der Waals surface area (Å²) in [6.45, 7) is 3.50. The molecule has 0 saturated heterocycles. The molecule has 4 heteroatoms. The van der Waals surface area contributed by atoms with Crippen LogP contribution in [0.2, 0.25) is 0 Å². The third kappa shape index (κ3) is 1.79. The summed E-state index contributed by atoms with van der Waals surface area (Å²) in [6.07, 6.45) is 1.99. The van der Waals surface area contributed by atoms with E-state index in [-0.39, 0.29) is 11.3 Å². The number of nitro groups is 1. The van der Waals surface area contributed by atoms with Gasteiger partial charge in [0.15, 0.2) is 6.29 Å². The van der Waals surface area contributed by atoms with E-state index in [2.05, 4.69) is 6.58 Å². The monoisotopic (exact) mass is 177 g/mol. The number of rotatable bonds is 3. The minimum Gasteiger partial charge on any atom is -0.298 e.